The number of methoxy groups -OCH3 is 4. The Morgan fingerprint density at radius 2 is 1.71 bits per heavy atom. The first-order chi connectivity index (χ1) is 19.9. The van der Waals surface area contributed by atoms with Crippen LogP contribution in [-0.2, 0) is 38.1 Å². The van der Waals surface area contributed by atoms with E-state index in [-0.39, 0.29) is 28.7 Å². The van der Waals surface area contributed by atoms with Gasteiger partial charge >= 0.3 is 6.09 Å². The van der Waals surface area contributed by atoms with Gasteiger partial charge < -0.3 is 39.8 Å². The molecular formula is C30H42N2O10. The average Bonchev–Trinajstić information content (AvgIpc) is 2.93. The van der Waals surface area contributed by atoms with Gasteiger partial charge in [0.05, 0.1) is 30.6 Å². The fourth-order valence-electron chi connectivity index (χ4n) is 5.29. The number of carbonyl (C=O) groups excluding carboxylic acids is 4. The van der Waals surface area contributed by atoms with E-state index in [2.05, 4.69) is 5.32 Å². The highest BCUT2D eigenvalue weighted by Gasteiger charge is 2.36. The minimum Gasteiger partial charge on any atom is -0.439 e. The molecule has 2 bridgehead atoms. The van der Waals surface area contributed by atoms with Gasteiger partial charge in [0.25, 0.3) is 5.91 Å². The summed E-state index contributed by atoms with van der Waals surface area (Å²) in [6, 6.07) is 0. The summed E-state index contributed by atoms with van der Waals surface area (Å²) in [7, 11) is 5.95. The zero-order valence-corrected chi connectivity index (χ0v) is 25.1. The molecule has 0 saturated carbocycles. The number of ketones is 2. The van der Waals surface area contributed by atoms with Crippen LogP contribution < -0.4 is 11.1 Å². The minimum absolute atomic E-state index is 0.0853. The normalized spacial score (nSPS) is 33.3. The topological polar surface area (TPSA) is 173 Å². The van der Waals surface area contributed by atoms with Crippen LogP contribution in [0.5, 0.6) is 0 Å². The summed E-state index contributed by atoms with van der Waals surface area (Å²) in [4.78, 5) is 50.8. The molecule has 12 nitrogen and oxygen atoms in total. The molecule has 7 atom stereocenters. The summed E-state index contributed by atoms with van der Waals surface area (Å²) in [5.41, 5.74) is 5.72. The number of nitrogens with two attached hydrogens (primary N) is 1. The van der Waals surface area contributed by atoms with Crippen LogP contribution in [0.1, 0.15) is 27.2 Å². The second-order valence-corrected chi connectivity index (χ2v) is 10.2. The van der Waals surface area contributed by atoms with Crippen LogP contribution in [0.4, 0.5) is 4.79 Å². The first kappa shape index (κ1) is 34.8. The molecule has 0 unspecified atom stereocenters. The Morgan fingerprint density at radius 1 is 1.02 bits per heavy atom. The largest absolute Gasteiger partial charge is 0.439 e. The van der Waals surface area contributed by atoms with Gasteiger partial charge in [-0.2, -0.15) is 0 Å². The lowest BCUT2D eigenvalue weighted by molar-refractivity contribution is -0.121. The quantitative estimate of drug-likeness (QED) is 0.305. The van der Waals surface area contributed by atoms with Crippen LogP contribution in [-0.4, -0.2) is 94.2 Å². The number of rotatable bonds is 6. The molecule has 0 aromatic rings. The number of aliphatic hydroxyl groups is 1. The molecule has 2 amide bonds. The van der Waals surface area contributed by atoms with Gasteiger partial charge in [0.1, 0.15) is 6.10 Å². The second-order valence-electron chi connectivity index (χ2n) is 10.2. The number of fused-ring (bicyclic) bond motifs is 2. The molecule has 0 aromatic heterocycles. The summed E-state index contributed by atoms with van der Waals surface area (Å²) in [5, 5.41) is 12.3. The predicted octanol–water partition coefficient (Wildman–Crippen LogP) is 1.69. The van der Waals surface area contributed by atoms with Gasteiger partial charge in [-0.25, -0.2) is 4.79 Å². The first-order valence-electron chi connectivity index (χ1n) is 13.5. The zero-order chi connectivity index (χ0) is 31.6. The maximum absolute atomic E-state index is 13.4. The molecule has 4 N–H and O–H groups in total. The summed E-state index contributed by atoms with van der Waals surface area (Å²) in [6.45, 7) is 4.86. The van der Waals surface area contributed by atoms with Crippen molar-refractivity contribution < 1.29 is 48.0 Å². The number of primary amides is 1. The molecule has 0 radical (unpaired) electrons. The summed E-state index contributed by atoms with van der Waals surface area (Å²) >= 11 is 0. The highest BCUT2D eigenvalue weighted by Crippen LogP contribution is 2.30. The number of hydrogen-bond donors (Lipinski definition) is 3. The maximum atomic E-state index is 13.4. The van der Waals surface area contributed by atoms with Crippen molar-refractivity contribution in [2.45, 2.75) is 57.7 Å². The Kier molecular flexibility index (Phi) is 13.5. The van der Waals surface area contributed by atoms with Crippen molar-refractivity contribution in [2.24, 2.45) is 17.6 Å². The lowest BCUT2D eigenvalue weighted by Gasteiger charge is -2.34. The molecule has 1 aliphatic carbocycles. The molecule has 0 spiro atoms. The second kappa shape index (κ2) is 16.3. The number of aliphatic hydroxyl groups excluding tert-OH is 1. The zero-order valence-electron chi connectivity index (χ0n) is 25.1. The summed E-state index contributed by atoms with van der Waals surface area (Å²) in [6.07, 6.45) is 4.23. The van der Waals surface area contributed by atoms with E-state index < -0.39 is 60.7 Å². The third-order valence-electron chi connectivity index (χ3n) is 7.33. The van der Waals surface area contributed by atoms with E-state index in [1.165, 1.54) is 38.5 Å². The smallest absolute Gasteiger partial charge is 0.405 e. The van der Waals surface area contributed by atoms with Crippen LogP contribution in [0.2, 0.25) is 0 Å². The number of allylic oxidation sites excluding steroid dienone is 5. The van der Waals surface area contributed by atoms with Crippen LogP contribution in [0.15, 0.2) is 58.9 Å². The average molecular weight is 591 g/mol. The molecule has 1 aliphatic heterocycles. The molecule has 42 heavy (non-hydrogen) atoms. The Hall–Kier alpha value is -3.42. The number of Topliss-reactive ketones (excluding diaryl/α,β-unsaturated/α-hetero) is 1. The van der Waals surface area contributed by atoms with E-state index in [1.807, 2.05) is 19.9 Å². The van der Waals surface area contributed by atoms with Crippen molar-refractivity contribution >= 4 is 23.6 Å². The molecule has 2 rings (SSSR count). The molecular weight excluding hydrogens is 548 g/mol. The van der Waals surface area contributed by atoms with Gasteiger partial charge in [0.15, 0.2) is 11.9 Å². The van der Waals surface area contributed by atoms with Gasteiger partial charge in [0.2, 0.25) is 5.78 Å². The molecule has 0 aromatic carbocycles. The van der Waals surface area contributed by atoms with Crippen LogP contribution in [0.25, 0.3) is 0 Å². The van der Waals surface area contributed by atoms with Crippen LogP contribution in [0, 0.1) is 11.8 Å². The predicted molar refractivity (Wildman–Crippen MR) is 153 cm³/mol. The van der Waals surface area contributed by atoms with E-state index in [9.17, 15) is 24.3 Å². The van der Waals surface area contributed by atoms with Gasteiger partial charge in [-0.05, 0) is 30.9 Å². The molecule has 0 fully saturated rings. The van der Waals surface area contributed by atoms with Gasteiger partial charge in [-0.1, -0.05) is 38.2 Å². The lowest BCUT2D eigenvalue weighted by atomic mass is 9.84. The van der Waals surface area contributed by atoms with Crippen molar-refractivity contribution in [2.75, 3.05) is 35.0 Å². The van der Waals surface area contributed by atoms with Crippen molar-refractivity contribution in [1.29, 1.82) is 0 Å². The third-order valence-corrected chi connectivity index (χ3v) is 7.33. The fraction of sp³-hybridized carbons (Fsp3) is 0.533. The maximum Gasteiger partial charge on any atom is 0.405 e. The number of carbonyl (C=O) groups is 4. The number of ether oxygens (including phenoxy) is 5. The highest BCUT2D eigenvalue weighted by molar-refractivity contribution is 6.22. The van der Waals surface area contributed by atoms with Crippen molar-refractivity contribution in [3.05, 3.63) is 58.9 Å². The van der Waals surface area contributed by atoms with E-state index in [0.717, 1.165) is 6.08 Å². The van der Waals surface area contributed by atoms with E-state index in [0.29, 0.717) is 12.0 Å². The van der Waals surface area contributed by atoms with Crippen molar-refractivity contribution in [3.63, 3.8) is 0 Å². The molecule has 0 saturated heterocycles. The van der Waals surface area contributed by atoms with E-state index >= 15 is 0 Å². The van der Waals surface area contributed by atoms with Crippen LogP contribution in [0.3, 0.4) is 0 Å². The summed E-state index contributed by atoms with van der Waals surface area (Å²) in [5.74, 6) is -2.46. The Bertz CT molecular complexity index is 1170. The van der Waals surface area contributed by atoms with Gasteiger partial charge in [-0.3, -0.25) is 14.4 Å². The number of nitrogens with one attached hydrogen (secondary N) is 1. The minimum atomic E-state index is -1.01. The highest BCUT2D eigenvalue weighted by atomic mass is 16.6. The Labute approximate surface area is 246 Å². The van der Waals surface area contributed by atoms with Gasteiger partial charge in [-0.15, -0.1) is 0 Å². The van der Waals surface area contributed by atoms with E-state index in [4.69, 9.17) is 29.4 Å². The SMILES string of the molecule is CO[C@H]1[C@@H](OC)C[C@H](C)[C@@H](OC)C2=CC(=O)C=C(NC(=O)/C(CO)=C/C=C\[C@H](OC)[C@@H](OC(N)=O)/C(C)=C/[C@@H]1C)C2=O. The Balaban J connectivity index is 2.69. The lowest BCUT2D eigenvalue weighted by Crippen LogP contribution is -2.41. The molecule has 232 valence electrons. The van der Waals surface area contributed by atoms with Crippen molar-refractivity contribution in [1.82, 2.24) is 5.32 Å². The molecule has 2 aliphatic rings. The monoisotopic (exact) mass is 590 g/mol. The number of amides is 2. The van der Waals surface area contributed by atoms with E-state index in [1.54, 1.807) is 21.1 Å². The standard InChI is InChI=1S/C30H42N2O10/c1-16-11-17(2)28(42-30(31)37)23(38-4)10-8-9-19(15-33)29(36)32-22-14-20(34)13-21(25(22)35)26(40-6)18(3)12-24(39-5)27(16)41-7/h8-11,13-14,16,18,23-24,26-28,33H,12,15H2,1-7H3,(H2,31,37)(H,32,36)/b10-8-,17-11+,19-9+/t16-,18-,23-,24-,26+,27+,28-/m0/s1. The summed E-state index contributed by atoms with van der Waals surface area (Å²) < 4.78 is 28.3. The molecule has 1 heterocycles. The Morgan fingerprint density at radius 3 is 2.26 bits per heavy atom. The molecule has 12 heteroatoms. The van der Waals surface area contributed by atoms with Crippen molar-refractivity contribution in [3.8, 4) is 0 Å². The van der Waals surface area contributed by atoms with Gasteiger partial charge in [0, 0.05) is 51.6 Å². The van der Waals surface area contributed by atoms with Crippen LogP contribution >= 0.6 is 0 Å². The first-order valence-corrected chi connectivity index (χ1v) is 13.5. The number of hydrogen-bond acceptors (Lipinski definition) is 10. The third kappa shape index (κ3) is 8.79. The fourth-order valence-corrected chi connectivity index (χ4v) is 5.29.